The average molecular weight is 258 g/mol. The van der Waals surface area contributed by atoms with Crippen LogP contribution in [0.5, 0.6) is 5.75 Å². The number of rotatable bonds is 6. The summed E-state index contributed by atoms with van der Waals surface area (Å²) in [4.78, 5) is 10.8. The number of nitrogen functional groups attached to an aromatic ring is 1. The Morgan fingerprint density at radius 3 is 2.82 bits per heavy atom. The molecule has 0 atom stereocenters. The van der Waals surface area contributed by atoms with Crippen LogP contribution in [0.15, 0.2) is 18.2 Å². The molecule has 0 fully saturated rings. The number of esters is 1. The van der Waals surface area contributed by atoms with Crippen LogP contribution in [0.1, 0.15) is 19.3 Å². The number of carbonyl (C=O) groups excluding carboxylic acids is 1. The molecule has 0 bridgehead atoms. The van der Waals surface area contributed by atoms with Gasteiger partial charge in [-0.1, -0.05) is 11.6 Å². The van der Waals surface area contributed by atoms with Crippen molar-refractivity contribution in [1.29, 1.82) is 0 Å². The molecule has 17 heavy (non-hydrogen) atoms. The van der Waals surface area contributed by atoms with Crippen LogP contribution in [-0.2, 0) is 9.53 Å². The predicted molar refractivity (Wildman–Crippen MR) is 67.2 cm³/mol. The monoisotopic (exact) mass is 257 g/mol. The van der Waals surface area contributed by atoms with Crippen molar-refractivity contribution in [3.05, 3.63) is 23.2 Å². The van der Waals surface area contributed by atoms with Crippen LogP contribution in [0.4, 0.5) is 5.69 Å². The quantitative estimate of drug-likeness (QED) is 0.483. The minimum atomic E-state index is -0.198. The van der Waals surface area contributed by atoms with Gasteiger partial charge in [0.1, 0.15) is 5.75 Å². The van der Waals surface area contributed by atoms with Crippen molar-refractivity contribution in [2.24, 2.45) is 0 Å². The second-order valence-electron chi connectivity index (χ2n) is 3.56. The molecule has 0 saturated heterocycles. The van der Waals surface area contributed by atoms with Gasteiger partial charge in [-0.3, -0.25) is 4.79 Å². The van der Waals surface area contributed by atoms with Gasteiger partial charge in [0.2, 0.25) is 0 Å². The first kappa shape index (κ1) is 13.6. The van der Waals surface area contributed by atoms with Crippen LogP contribution in [-0.4, -0.2) is 19.7 Å². The zero-order chi connectivity index (χ0) is 12.7. The predicted octanol–water partition coefficient (Wildman–Crippen LogP) is 2.64. The smallest absolute Gasteiger partial charge is 0.305 e. The summed E-state index contributed by atoms with van der Waals surface area (Å²) in [5, 5.41) is 0.584. The first-order chi connectivity index (χ1) is 8.13. The Balaban J connectivity index is 2.24. The molecule has 1 aromatic carbocycles. The fraction of sp³-hybridized carbons (Fsp3) is 0.417. The van der Waals surface area contributed by atoms with E-state index in [0.29, 0.717) is 29.5 Å². The summed E-state index contributed by atoms with van der Waals surface area (Å²) >= 11 is 5.76. The van der Waals surface area contributed by atoms with Crippen LogP contribution in [0.2, 0.25) is 5.02 Å². The molecule has 0 saturated carbocycles. The number of hydrogen-bond donors (Lipinski definition) is 1. The molecule has 5 heteroatoms. The molecule has 1 rings (SSSR count). The van der Waals surface area contributed by atoms with E-state index in [1.165, 1.54) is 7.11 Å². The lowest BCUT2D eigenvalue weighted by Gasteiger charge is -2.08. The highest BCUT2D eigenvalue weighted by molar-refractivity contribution is 6.30. The first-order valence-corrected chi connectivity index (χ1v) is 5.76. The van der Waals surface area contributed by atoms with Crippen molar-refractivity contribution >= 4 is 23.3 Å². The van der Waals surface area contributed by atoms with Crippen LogP contribution < -0.4 is 10.5 Å². The zero-order valence-corrected chi connectivity index (χ0v) is 10.5. The molecule has 0 aliphatic heterocycles. The van der Waals surface area contributed by atoms with E-state index in [2.05, 4.69) is 4.74 Å². The topological polar surface area (TPSA) is 61.5 Å². The molecule has 0 aliphatic carbocycles. The standard InChI is InChI=1S/C12H16ClNO3/c1-16-12(15)4-2-3-7-17-11-6-5-9(13)8-10(11)14/h5-6,8H,2-4,7,14H2,1H3. The van der Waals surface area contributed by atoms with Crippen LogP contribution in [0.25, 0.3) is 0 Å². The second kappa shape index (κ2) is 7.01. The highest BCUT2D eigenvalue weighted by Crippen LogP contribution is 2.24. The third-order valence-corrected chi connectivity index (χ3v) is 2.47. The molecule has 0 aromatic heterocycles. The third kappa shape index (κ3) is 4.95. The van der Waals surface area contributed by atoms with Gasteiger partial charge >= 0.3 is 5.97 Å². The SMILES string of the molecule is COC(=O)CCCCOc1ccc(Cl)cc1N. The van der Waals surface area contributed by atoms with Crippen molar-refractivity contribution in [3.63, 3.8) is 0 Å². The molecule has 0 unspecified atom stereocenters. The molecule has 0 aliphatic rings. The molecular formula is C12H16ClNO3. The third-order valence-electron chi connectivity index (χ3n) is 2.23. The summed E-state index contributed by atoms with van der Waals surface area (Å²) in [7, 11) is 1.38. The highest BCUT2D eigenvalue weighted by Gasteiger charge is 2.02. The maximum atomic E-state index is 10.8. The van der Waals surface area contributed by atoms with Crippen LogP contribution in [0, 0.1) is 0 Å². The number of nitrogens with two attached hydrogens (primary N) is 1. The Labute approximate surface area is 106 Å². The van der Waals surface area contributed by atoms with E-state index in [1.54, 1.807) is 18.2 Å². The number of ether oxygens (including phenoxy) is 2. The summed E-state index contributed by atoms with van der Waals surface area (Å²) in [5.41, 5.74) is 6.24. The molecule has 94 valence electrons. The van der Waals surface area contributed by atoms with Gasteiger partial charge in [0.25, 0.3) is 0 Å². The van der Waals surface area contributed by atoms with Gasteiger partial charge in [-0.05, 0) is 31.0 Å². The number of carbonyl (C=O) groups is 1. The lowest BCUT2D eigenvalue weighted by atomic mass is 10.2. The molecule has 0 heterocycles. The van der Waals surface area contributed by atoms with E-state index in [1.807, 2.05) is 0 Å². The normalized spacial score (nSPS) is 10.0. The van der Waals surface area contributed by atoms with Crippen LogP contribution in [0.3, 0.4) is 0 Å². The van der Waals surface area contributed by atoms with Gasteiger partial charge in [0, 0.05) is 11.4 Å². The van der Waals surface area contributed by atoms with Crippen molar-refractivity contribution in [2.75, 3.05) is 19.5 Å². The molecular weight excluding hydrogens is 242 g/mol. The fourth-order valence-electron chi connectivity index (χ4n) is 1.31. The van der Waals surface area contributed by atoms with E-state index < -0.39 is 0 Å². The van der Waals surface area contributed by atoms with Gasteiger partial charge in [-0.15, -0.1) is 0 Å². The van der Waals surface area contributed by atoms with Crippen molar-refractivity contribution in [2.45, 2.75) is 19.3 Å². The second-order valence-corrected chi connectivity index (χ2v) is 4.00. The first-order valence-electron chi connectivity index (χ1n) is 5.38. The molecule has 0 amide bonds. The molecule has 0 spiro atoms. The van der Waals surface area contributed by atoms with E-state index in [0.717, 1.165) is 12.8 Å². The van der Waals surface area contributed by atoms with Crippen molar-refractivity contribution < 1.29 is 14.3 Å². The summed E-state index contributed by atoms with van der Waals surface area (Å²) in [6.07, 6.45) is 1.92. The number of anilines is 1. The van der Waals surface area contributed by atoms with Gasteiger partial charge in [-0.2, -0.15) is 0 Å². The largest absolute Gasteiger partial charge is 0.491 e. The van der Waals surface area contributed by atoms with Gasteiger partial charge in [-0.25, -0.2) is 0 Å². The van der Waals surface area contributed by atoms with Crippen molar-refractivity contribution in [3.8, 4) is 5.75 Å². The summed E-state index contributed by atoms with van der Waals surface area (Å²) < 4.78 is 10.0. The maximum Gasteiger partial charge on any atom is 0.305 e. The van der Waals surface area contributed by atoms with Gasteiger partial charge < -0.3 is 15.2 Å². The Morgan fingerprint density at radius 2 is 2.18 bits per heavy atom. The average Bonchev–Trinajstić information content (AvgIpc) is 2.30. The van der Waals surface area contributed by atoms with Crippen LogP contribution >= 0.6 is 11.6 Å². The number of methoxy groups -OCH3 is 1. The molecule has 1 aromatic rings. The minimum Gasteiger partial charge on any atom is -0.491 e. The number of halogens is 1. The summed E-state index contributed by atoms with van der Waals surface area (Å²) in [6, 6.07) is 5.10. The Bertz CT molecular complexity index is 382. The molecule has 0 radical (unpaired) electrons. The maximum absolute atomic E-state index is 10.8. The van der Waals surface area contributed by atoms with E-state index in [-0.39, 0.29) is 5.97 Å². The fourth-order valence-corrected chi connectivity index (χ4v) is 1.49. The number of benzene rings is 1. The lowest BCUT2D eigenvalue weighted by molar-refractivity contribution is -0.140. The zero-order valence-electron chi connectivity index (χ0n) is 9.74. The summed E-state index contributed by atoms with van der Waals surface area (Å²) in [5.74, 6) is 0.420. The van der Waals surface area contributed by atoms with E-state index in [4.69, 9.17) is 22.1 Å². The molecule has 2 N–H and O–H groups in total. The summed E-state index contributed by atoms with van der Waals surface area (Å²) in [6.45, 7) is 0.517. The van der Waals surface area contributed by atoms with Gasteiger partial charge in [0.15, 0.2) is 0 Å². The van der Waals surface area contributed by atoms with E-state index in [9.17, 15) is 4.79 Å². The Kier molecular flexibility index (Phi) is 5.63. The Morgan fingerprint density at radius 1 is 1.41 bits per heavy atom. The number of hydrogen-bond acceptors (Lipinski definition) is 4. The number of unbranched alkanes of at least 4 members (excludes halogenated alkanes) is 1. The van der Waals surface area contributed by atoms with Crippen molar-refractivity contribution in [1.82, 2.24) is 0 Å². The lowest BCUT2D eigenvalue weighted by Crippen LogP contribution is -2.03. The Hall–Kier alpha value is -1.42. The molecule has 4 nitrogen and oxygen atoms in total. The van der Waals surface area contributed by atoms with E-state index >= 15 is 0 Å². The van der Waals surface area contributed by atoms with Gasteiger partial charge in [0.05, 0.1) is 19.4 Å². The minimum absolute atomic E-state index is 0.198. The highest BCUT2D eigenvalue weighted by atomic mass is 35.5.